The van der Waals surface area contributed by atoms with E-state index in [1.165, 1.54) is 24.3 Å². The smallest absolute Gasteiger partial charge is 0.243 e. The Morgan fingerprint density at radius 3 is 2.16 bits per heavy atom. The first kappa shape index (κ1) is 40.5. The highest BCUT2D eigenvalue weighted by atomic mass is 19.1. The molecule has 11 heteroatoms. The van der Waals surface area contributed by atoms with Crippen LogP contribution in [0, 0.1) is 29.4 Å². The van der Waals surface area contributed by atoms with Crippen molar-refractivity contribution in [2.75, 3.05) is 26.9 Å². The second-order valence-electron chi connectivity index (χ2n) is 13.1. The lowest BCUT2D eigenvalue weighted by molar-refractivity contribution is -0.134. The lowest BCUT2D eigenvalue weighted by atomic mass is 9.86. The molecule has 3 aromatic carbocycles. The van der Waals surface area contributed by atoms with Gasteiger partial charge in [0.25, 0.3) is 0 Å². The van der Waals surface area contributed by atoms with Gasteiger partial charge in [0.15, 0.2) is 0 Å². The number of rotatable bonds is 21. The summed E-state index contributed by atoms with van der Waals surface area (Å²) in [5, 5.41) is 16.8. The molecule has 5 atom stereocenters. The van der Waals surface area contributed by atoms with Gasteiger partial charge in [0.1, 0.15) is 23.4 Å². The molecule has 0 saturated carbocycles. The van der Waals surface area contributed by atoms with Crippen molar-refractivity contribution < 1.29 is 37.7 Å². The Balaban J connectivity index is 1.58. The molecule has 0 radical (unpaired) electrons. The largest absolute Gasteiger partial charge is 0.493 e. The Morgan fingerprint density at radius 1 is 0.900 bits per heavy atom. The minimum atomic E-state index is -1.04. The van der Waals surface area contributed by atoms with Gasteiger partial charge in [0.05, 0.1) is 32.0 Å². The van der Waals surface area contributed by atoms with E-state index < -0.39 is 24.1 Å². The molecule has 50 heavy (non-hydrogen) atoms. The fraction of sp³-hybridized carbons (Fsp3) is 0.487. The van der Waals surface area contributed by atoms with Crippen molar-refractivity contribution >= 4 is 11.8 Å². The molecule has 5 N–H and O–H groups in total. The fourth-order valence-electron chi connectivity index (χ4n) is 5.43. The lowest BCUT2D eigenvalue weighted by Gasteiger charge is -2.29. The molecule has 3 rings (SSSR count). The molecule has 0 aliphatic carbocycles. The van der Waals surface area contributed by atoms with Gasteiger partial charge in [0.2, 0.25) is 11.8 Å². The molecule has 0 aromatic heterocycles. The van der Waals surface area contributed by atoms with Gasteiger partial charge in [-0.15, -0.1) is 0 Å². The van der Waals surface area contributed by atoms with E-state index in [0.717, 1.165) is 22.3 Å². The average Bonchev–Trinajstić information content (AvgIpc) is 3.10. The maximum absolute atomic E-state index is 13.5. The number of nitrogens with two attached hydrogens (primary N) is 1. The summed E-state index contributed by atoms with van der Waals surface area (Å²) in [7, 11) is 1.63. The van der Waals surface area contributed by atoms with Crippen molar-refractivity contribution in [3.8, 4) is 16.9 Å². The second kappa shape index (κ2) is 20.7. The van der Waals surface area contributed by atoms with Gasteiger partial charge >= 0.3 is 0 Å². The summed E-state index contributed by atoms with van der Waals surface area (Å²) < 4.78 is 43.9. The molecular weight excluding hydrogens is 644 g/mol. The Hall–Kier alpha value is -3.90. The van der Waals surface area contributed by atoms with Crippen LogP contribution >= 0.6 is 0 Å². The van der Waals surface area contributed by atoms with Crippen LogP contribution in [0.3, 0.4) is 0 Å². The van der Waals surface area contributed by atoms with E-state index in [9.17, 15) is 23.5 Å². The number of methoxy groups -OCH3 is 1. The molecule has 0 aliphatic rings. The highest BCUT2D eigenvalue weighted by Crippen LogP contribution is 2.32. The zero-order valence-corrected chi connectivity index (χ0v) is 29.8. The number of benzene rings is 3. The van der Waals surface area contributed by atoms with Crippen molar-refractivity contribution in [3.05, 3.63) is 89.5 Å². The van der Waals surface area contributed by atoms with Crippen molar-refractivity contribution in [3.63, 3.8) is 0 Å². The number of hydrogen-bond donors (Lipinski definition) is 4. The standard InChI is InChI=1S/C39H53F2N3O6/c1-6-26(4)37(39(47)43-22-27-8-13-30(40)14-9-27)44-38(46)33(25(2)3)21-35(45)34(42)24-49-23-28-10-17-32(29-11-15-31(41)16-12-29)36(20-28)50-19-7-18-48-5/h8-17,20,25-26,33-35,37,45H,6-7,18-19,21-24,42H2,1-5H3,(H,43,47)(H,44,46). The zero-order valence-electron chi connectivity index (χ0n) is 29.8. The van der Waals surface area contributed by atoms with E-state index in [-0.39, 0.29) is 61.5 Å². The minimum Gasteiger partial charge on any atom is -0.493 e. The van der Waals surface area contributed by atoms with E-state index in [1.807, 2.05) is 45.9 Å². The highest BCUT2D eigenvalue weighted by molar-refractivity contribution is 5.88. The first-order valence-corrected chi connectivity index (χ1v) is 17.3. The Kier molecular flexibility index (Phi) is 16.8. The summed E-state index contributed by atoms with van der Waals surface area (Å²) in [6.45, 7) is 9.04. The van der Waals surface area contributed by atoms with E-state index in [1.54, 1.807) is 31.4 Å². The number of ether oxygens (including phenoxy) is 3. The van der Waals surface area contributed by atoms with E-state index in [0.29, 0.717) is 31.8 Å². The van der Waals surface area contributed by atoms with Gasteiger partial charge in [-0.25, -0.2) is 8.78 Å². The molecule has 274 valence electrons. The van der Waals surface area contributed by atoms with Gasteiger partial charge in [-0.2, -0.15) is 0 Å². The summed E-state index contributed by atoms with van der Waals surface area (Å²) in [6, 6.07) is 16.2. The molecular formula is C39H53F2N3O6. The van der Waals surface area contributed by atoms with Gasteiger partial charge in [-0.05, 0) is 65.3 Å². The molecule has 5 unspecified atom stereocenters. The summed E-state index contributed by atoms with van der Waals surface area (Å²) in [6.07, 6.45) is 0.404. The highest BCUT2D eigenvalue weighted by Gasteiger charge is 2.32. The topological polar surface area (TPSA) is 132 Å². The van der Waals surface area contributed by atoms with Crippen LogP contribution in [-0.2, 0) is 32.2 Å². The fourth-order valence-corrected chi connectivity index (χ4v) is 5.43. The molecule has 0 saturated heterocycles. The zero-order chi connectivity index (χ0) is 36.6. The van der Waals surface area contributed by atoms with Crippen LogP contribution in [0.4, 0.5) is 8.78 Å². The molecule has 3 aromatic rings. The molecule has 0 heterocycles. The lowest BCUT2D eigenvalue weighted by Crippen LogP contribution is -2.52. The number of nitrogens with one attached hydrogen (secondary N) is 2. The summed E-state index contributed by atoms with van der Waals surface area (Å²) >= 11 is 0. The monoisotopic (exact) mass is 697 g/mol. The molecule has 2 amide bonds. The molecule has 9 nitrogen and oxygen atoms in total. The number of aliphatic hydroxyl groups is 1. The first-order valence-electron chi connectivity index (χ1n) is 17.3. The number of amides is 2. The average molecular weight is 698 g/mol. The Labute approximate surface area is 294 Å². The predicted molar refractivity (Wildman–Crippen MR) is 190 cm³/mol. The predicted octanol–water partition coefficient (Wildman–Crippen LogP) is 5.76. The normalized spacial score (nSPS) is 14.4. The van der Waals surface area contributed by atoms with Crippen LogP contribution in [0.2, 0.25) is 0 Å². The van der Waals surface area contributed by atoms with Gasteiger partial charge in [-0.1, -0.05) is 70.5 Å². The number of halogens is 2. The van der Waals surface area contributed by atoms with E-state index >= 15 is 0 Å². The molecule has 0 bridgehead atoms. The van der Waals surface area contributed by atoms with Crippen molar-refractivity contribution in [2.45, 2.75) is 78.3 Å². The third-order valence-corrected chi connectivity index (χ3v) is 8.84. The van der Waals surface area contributed by atoms with Gasteiger partial charge in [-0.3, -0.25) is 9.59 Å². The minimum absolute atomic E-state index is 0.0403. The summed E-state index contributed by atoms with van der Waals surface area (Å²) in [5.74, 6) is -1.62. The second-order valence-corrected chi connectivity index (χ2v) is 13.1. The van der Waals surface area contributed by atoms with E-state index in [2.05, 4.69) is 10.6 Å². The van der Waals surface area contributed by atoms with Crippen LogP contribution in [0.5, 0.6) is 5.75 Å². The molecule has 0 fully saturated rings. The quantitative estimate of drug-likeness (QED) is 0.104. The number of hydrogen-bond acceptors (Lipinski definition) is 7. The van der Waals surface area contributed by atoms with E-state index in [4.69, 9.17) is 19.9 Å². The van der Waals surface area contributed by atoms with Crippen molar-refractivity contribution in [1.82, 2.24) is 10.6 Å². The van der Waals surface area contributed by atoms with Gasteiger partial charge in [0, 0.05) is 38.2 Å². The van der Waals surface area contributed by atoms with Crippen LogP contribution in [0.15, 0.2) is 66.7 Å². The molecule has 0 aliphatic heterocycles. The number of carbonyl (C=O) groups excluding carboxylic acids is 2. The summed E-state index contributed by atoms with van der Waals surface area (Å²) in [5.41, 5.74) is 9.53. The Bertz CT molecular complexity index is 1470. The maximum atomic E-state index is 13.5. The first-order chi connectivity index (χ1) is 23.9. The van der Waals surface area contributed by atoms with Crippen LogP contribution < -0.4 is 21.1 Å². The third-order valence-electron chi connectivity index (χ3n) is 8.84. The third kappa shape index (κ3) is 12.8. The van der Waals surface area contributed by atoms with Crippen LogP contribution in [0.25, 0.3) is 11.1 Å². The van der Waals surface area contributed by atoms with Crippen molar-refractivity contribution in [1.29, 1.82) is 0 Å². The number of carbonyl (C=O) groups is 2. The SMILES string of the molecule is CCC(C)C(NC(=O)C(CC(O)C(N)COCc1ccc(-c2ccc(F)cc2)c(OCCCOC)c1)C(C)C)C(=O)NCc1ccc(F)cc1. The summed E-state index contributed by atoms with van der Waals surface area (Å²) in [4.78, 5) is 26.7. The number of aliphatic hydroxyl groups excluding tert-OH is 1. The van der Waals surface area contributed by atoms with Crippen molar-refractivity contribution in [2.24, 2.45) is 23.5 Å². The maximum Gasteiger partial charge on any atom is 0.243 e. The van der Waals surface area contributed by atoms with Crippen LogP contribution in [-0.4, -0.2) is 62.0 Å². The molecule has 0 spiro atoms. The van der Waals surface area contributed by atoms with Crippen LogP contribution in [0.1, 0.15) is 58.1 Å². The Morgan fingerprint density at radius 2 is 1.54 bits per heavy atom. The van der Waals surface area contributed by atoms with Gasteiger partial charge < -0.3 is 35.7 Å².